The molecule has 0 saturated heterocycles. The lowest BCUT2D eigenvalue weighted by Gasteiger charge is -2.07. The van der Waals surface area contributed by atoms with Gasteiger partial charge in [0.1, 0.15) is 12.4 Å². The maximum atomic E-state index is 13.3. The number of fused-ring (bicyclic) bond motifs is 1. The van der Waals surface area contributed by atoms with E-state index in [-0.39, 0.29) is 18.3 Å². The predicted molar refractivity (Wildman–Crippen MR) is 89.2 cm³/mol. The number of benzene rings is 1. The lowest BCUT2D eigenvalue weighted by Crippen LogP contribution is -2.31. The molecule has 0 aliphatic carbocycles. The molecule has 7 heteroatoms. The second-order valence-electron chi connectivity index (χ2n) is 5.52. The van der Waals surface area contributed by atoms with Crippen molar-refractivity contribution in [2.45, 2.75) is 20.4 Å². The molecule has 0 saturated carbocycles. The van der Waals surface area contributed by atoms with Crippen LogP contribution in [0.3, 0.4) is 0 Å². The highest BCUT2D eigenvalue weighted by Crippen LogP contribution is 2.25. The van der Waals surface area contributed by atoms with Gasteiger partial charge in [-0.05, 0) is 43.2 Å². The second kappa shape index (κ2) is 6.27. The van der Waals surface area contributed by atoms with Crippen LogP contribution in [0.25, 0.3) is 22.3 Å². The molecule has 0 aliphatic rings. The number of carbonyl (C=O) groups is 1. The minimum atomic E-state index is -0.392. The Balaban J connectivity index is 2.10. The smallest absolute Gasteiger partial charge is 0.328 e. The van der Waals surface area contributed by atoms with E-state index in [4.69, 9.17) is 0 Å². The van der Waals surface area contributed by atoms with Gasteiger partial charge in [0, 0.05) is 18.3 Å². The lowest BCUT2D eigenvalue weighted by atomic mass is 10.0. The summed E-state index contributed by atoms with van der Waals surface area (Å²) in [5, 5.41) is 2.66. The Labute approximate surface area is 137 Å². The van der Waals surface area contributed by atoms with Crippen molar-refractivity contribution >= 4 is 17.1 Å². The highest BCUT2D eigenvalue weighted by Gasteiger charge is 2.13. The van der Waals surface area contributed by atoms with Gasteiger partial charge in [-0.3, -0.25) is 14.3 Å². The van der Waals surface area contributed by atoms with Gasteiger partial charge < -0.3 is 5.32 Å². The standard InChI is InChI=1S/C17H17FN4O2/c1-3-19-15(23)9-22-14-7-11(8-20-16(14)21-17(22)24)13-5-4-12(18)6-10(13)2/h4-8H,3,9H2,1-2H3,(H,19,23)(H,20,21,24). The first-order chi connectivity index (χ1) is 11.5. The fourth-order valence-corrected chi connectivity index (χ4v) is 2.69. The number of aromatic nitrogens is 3. The third kappa shape index (κ3) is 2.92. The van der Waals surface area contributed by atoms with Gasteiger partial charge in [-0.1, -0.05) is 6.07 Å². The van der Waals surface area contributed by atoms with E-state index in [0.717, 1.165) is 16.7 Å². The Bertz CT molecular complexity index is 974. The molecular formula is C17H17FN4O2. The van der Waals surface area contributed by atoms with Crippen molar-refractivity contribution in [2.24, 2.45) is 0 Å². The topological polar surface area (TPSA) is 79.8 Å². The fourth-order valence-electron chi connectivity index (χ4n) is 2.69. The SMILES string of the molecule is CCNC(=O)Cn1c(=O)[nH]c2ncc(-c3ccc(F)cc3C)cc21. The summed E-state index contributed by atoms with van der Waals surface area (Å²) < 4.78 is 14.6. The number of amides is 1. The molecule has 3 aromatic rings. The van der Waals surface area contributed by atoms with Crippen LogP contribution in [0, 0.1) is 12.7 Å². The summed E-state index contributed by atoms with van der Waals surface area (Å²) >= 11 is 0. The number of H-pyrrole nitrogens is 1. The number of hydrogen-bond donors (Lipinski definition) is 2. The summed E-state index contributed by atoms with van der Waals surface area (Å²) in [6.45, 7) is 4.03. The minimum absolute atomic E-state index is 0.0831. The molecule has 2 heterocycles. The number of rotatable bonds is 4. The normalized spacial score (nSPS) is 11.0. The Hall–Kier alpha value is -2.96. The van der Waals surface area contributed by atoms with Gasteiger partial charge in [-0.25, -0.2) is 14.2 Å². The number of imidazole rings is 1. The number of aromatic amines is 1. The molecule has 0 bridgehead atoms. The number of pyridine rings is 1. The zero-order valence-corrected chi connectivity index (χ0v) is 13.4. The van der Waals surface area contributed by atoms with Crippen LogP contribution in [0.1, 0.15) is 12.5 Å². The zero-order valence-electron chi connectivity index (χ0n) is 13.4. The van der Waals surface area contributed by atoms with Gasteiger partial charge in [-0.15, -0.1) is 0 Å². The molecule has 0 aliphatic heterocycles. The van der Waals surface area contributed by atoms with Crippen molar-refractivity contribution in [2.75, 3.05) is 6.54 Å². The van der Waals surface area contributed by atoms with E-state index in [2.05, 4.69) is 15.3 Å². The van der Waals surface area contributed by atoms with Crippen molar-refractivity contribution in [3.05, 3.63) is 52.3 Å². The molecule has 0 atom stereocenters. The zero-order chi connectivity index (χ0) is 17.3. The molecule has 0 spiro atoms. The predicted octanol–water partition coefficient (Wildman–Crippen LogP) is 1.98. The molecule has 0 fully saturated rings. The summed E-state index contributed by atoms with van der Waals surface area (Å²) in [5.41, 5.74) is 2.90. The average molecular weight is 328 g/mol. The van der Waals surface area contributed by atoms with Crippen molar-refractivity contribution in [1.82, 2.24) is 19.9 Å². The largest absolute Gasteiger partial charge is 0.355 e. The van der Waals surface area contributed by atoms with Crippen LogP contribution < -0.4 is 11.0 Å². The summed E-state index contributed by atoms with van der Waals surface area (Å²) in [6, 6.07) is 6.27. The lowest BCUT2D eigenvalue weighted by molar-refractivity contribution is -0.121. The second-order valence-corrected chi connectivity index (χ2v) is 5.52. The van der Waals surface area contributed by atoms with Crippen LogP contribution in [0.15, 0.2) is 35.3 Å². The quantitative estimate of drug-likeness (QED) is 0.768. The van der Waals surface area contributed by atoms with E-state index in [0.29, 0.717) is 17.7 Å². The molecule has 1 aromatic carbocycles. The van der Waals surface area contributed by atoms with E-state index in [1.54, 1.807) is 18.3 Å². The van der Waals surface area contributed by atoms with Gasteiger partial charge >= 0.3 is 5.69 Å². The van der Waals surface area contributed by atoms with Gasteiger partial charge in [0.05, 0.1) is 5.52 Å². The van der Waals surface area contributed by atoms with Crippen molar-refractivity contribution in [3.63, 3.8) is 0 Å². The third-order valence-corrected chi connectivity index (χ3v) is 3.80. The molecule has 24 heavy (non-hydrogen) atoms. The molecule has 2 N–H and O–H groups in total. The van der Waals surface area contributed by atoms with Crippen LogP contribution in [-0.4, -0.2) is 27.0 Å². The number of halogens is 1. The molecule has 1 amide bonds. The molecule has 124 valence electrons. The van der Waals surface area contributed by atoms with Crippen molar-refractivity contribution < 1.29 is 9.18 Å². The highest BCUT2D eigenvalue weighted by atomic mass is 19.1. The summed E-state index contributed by atoms with van der Waals surface area (Å²) in [5.74, 6) is -0.552. The number of likely N-dealkylation sites (N-methyl/N-ethyl adjacent to an activating group) is 1. The van der Waals surface area contributed by atoms with E-state index in [9.17, 15) is 14.0 Å². The summed E-state index contributed by atoms with van der Waals surface area (Å²) in [7, 11) is 0. The maximum Gasteiger partial charge on any atom is 0.328 e. The number of nitrogens with zero attached hydrogens (tertiary/aromatic N) is 2. The van der Waals surface area contributed by atoms with E-state index >= 15 is 0 Å². The van der Waals surface area contributed by atoms with Crippen LogP contribution >= 0.6 is 0 Å². The molecule has 0 unspecified atom stereocenters. The molecule has 2 aromatic heterocycles. The van der Waals surface area contributed by atoms with E-state index in [1.807, 2.05) is 13.8 Å². The Morgan fingerprint density at radius 1 is 1.38 bits per heavy atom. The molecule has 3 rings (SSSR count). The van der Waals surface area contributed by atoms with Gasteiger partial charge in [-0.2, -0.15) is 0 Å². The van der Waals surface area contributed by atoms with Crippen LogP contribution in [-0.2, 0) is 11.3 Å². The number of hydrogen-bond acceptors (Lipinski definition) is 3. The first kappa shape index (κ1) is 15.9. The fraction of sp³-hybridized carbons (Fsp3) is 0.235. The number of carbonyl (C=O) groups excluding carboxylic acids is 1. The van der Waals surface area contributed by atoms with Gasteiger partial charge in [0.15, 0.2) is 5.65 Å². The Morgan fingerprint density at radius 2 is 2.17 bits per heavy atom. The average Bonchev–Trinajstić information content (AvgIpc) is 2.83. The highest BCUT2D eigenvalue weighted by molar-refractivity contribution is 5.82. The number of aryl methyl sites for hydroxylation is 1. The Kier molecular flexibility index (Phi) is 4.16. The van der Waals surface area contributed by atoms with Crippen LogP contribution in [0.4, 0.5) is 4.39 Å². The summed E-state index contributed by atoms with van der Waals surface area (Å²) in [6.07, 6.45) is 1.62. The molecular weight excluding hydrogens is 311 g/mol. The monoisotopic (exact) mass is 328 g/mol. The van der Waals surface area contributed by atoms with Gasteiger partial charge in [0.2, 0.25) is 5.91 Å². The third-order valence-electron chi connectivity index (χ3n) is 3.80. The maximum absolute atomic E-state index is 13.3. The first-order valence-corrected chi connectivity index (χ1v) is 7.61. The van der Waals surface area contributed by atoms with Crippen LogP contribution in [0.5, 0.6) is 0 Å². The van der Waals surface area contributed by atoms with Crippen molar-refractivity contribution in [1.29, 1.82) is 0 Å². The minimum Gasteiger partial charge on any atom is -0.355 e. The van der Waals surface area contributed by atoms with Gasteiger partial charge in [0.25, 0.3) is 0 Å². The Morgan fingerprint density at radius 3 is 2.88 bits per heavy atom. The van der Waals surface area contributed by atoms with Crippen molar-refractivity contribution in [3.8, 4) is 11.1 Å². The molecule has 0 radical (unpaired) electrons. The first-order valence-electron chi connectivity index (χ1n) is 7.61. The number of nitrogens with one attached hydrogen (secondary N) is 2. The molecule has 6 nitrogen and oxygen atoms in total. The summed E-state index contributed by atoms with van der Waals surface area (Å²) in [4.78, 5) is 30.8. The van der Waals surface area contributed by atoms with Crippen LogP contribution in [0.2, 0.25) is 0 Å². The van der Waals surface area contributed by atoms with E-state index in [1.165, 1.54) is 16.7 Å². The van der Waals surface area contributed by atoms with E-state index < -0.39 is 5.69 Å².